The number of hydrazine groups is 1. The molecule has 5 nitrogen and oxygen atoms in total. The van der Waals surface area contributed by atoms with Crippen molar-refractivity contribution in [3.63, 3.8) is 0 Å². The highest BCUT2D eigenvalue weighted by atomic mass is 79.9. The maximum absolute atomic E-state index is 8.20. The highest BCUT2D eigenvalue weighted by Crippen LogP contribution is 2.14. The van der Waals surface area contributed by atoms with Gasteiger partial charge in [-0.25, -0.2) is 0 Å². The third-order valence-corrected chi connectivity index (χ3v) is 2.44. The lowest BCUT2D eigenvalue weighted by Crippen LogP contribution is -2.29. The second kappa shape index (κ2) is 5.55. The second-order valence-electron chi connectivity index (χ2n) is 2.65. The minimum atomic E-state index is 0.139. The summed E-state index contributed by atoms with van der Waals surface area (Å²) in [5.41, 5.74) is 12.0. The normalized spacial score (nSPS) is 8.93. The fraction of sp³-hybridized carbons (Fsp3) is 0.125. The number of nitrogens with zero attached hydrogens (tertiary/aromatic N) is 4. The molecule has 15 heavy (non-hydrogen) atoms. The van der Waals surface area contributed by atoms with Gasteiger partial charge in [0.25, 0.3) is 0 Å². The topological polar surface area (TPSA) is 64.0 Å². The molecule has 1 aromatic rings. The van der Waals surface area contributed by atoms with E-state index in [2.05, 4.69) is 31.4 Å². The average Bonchev–Trinajstić information content (AvgIpc) is 2.22. The van der Waals surface area contributed by atoms with Crippen LogP contribution in [0.5, 0.6) is 0 Å². The third-order valence-electron chi connectivity index (χ3n) is 1.56. The van der Waals surface area contributed by atoms with E-state index in [-0.39, 0.29) is 5.11 Å². The van der Waals surface area contributed by atoms with Gasteiger partial charge in [-0.2, -0.15) is 0 Å². The number of hydrogen-bond donors (Lipinski definition) is 1. The molecule has 0 aliphatic carbocycles. The fourth-order valence-electron chi connectivity index (χ4n) is 0.871. The predicted molar refractivity (Wildman–Crippen MR) is 67.3 cm³/mol. The molecule has 0 aliphatic rings. The molecule has 1 rings (SSSR count). The van der Waals surface area contributed by atoms with Gasteiger partial charge in [-0.15, -0.1) is 0 Å². The Morgan fingerprint density at radius 2 is 2.13 bits per heavy atom. The Morgan fingerprint density at radius 3 is 2.67 bits per heavy atom. The number of thiocarbonyl (C=S) groups is 1. The first-order valence-corrected chi connectivity index (χ1v) is 5.18. The lowest BCUT2D eigenvalue weighted by molar-refractivity contribution is 0.613. The van der Waals surface area contributed by atoms with E-state index in [1.807, 2.05) is 24.3 Å². The van der Waals surface area contributed by atoms with Crippen molar-refractivity contribution in [3.8, 4) is 0 Å². The third kappa shape index (κ3) is 3.75. The average molecular weight is 286 g/mol. The summed E-state index contributed by atoms with van der Waals surface area (Å²) in [6.07, 6.45) is 0. The molecule has 0 radical (unpaired) electrons. The highest BCUT2D eigenvalue weighted by molar-refractivity contribution is 9.10. The van der Waals surface area contributed by atoms with Crippen LogP contribution in [0.15, 0.2) is 33.9 Å². The van der Waals surface area contributed by atoms with Crippen molar-refractivity contribution in [2.75, 3.05) is 12.5 Å². The summed E-state index contributed by atoms with van der Waals surface area (Å²) in [7, 11) is 1.68. The Bertz CT molecular complexity index is 398. The molecule has 0 saturated heterocycles. The van der Waals surface area contributed by atoms with Crippen molar-refractivity contribution in [1.29, 1.82) is 0 Å². The molecule has 0 saturated carbocycles. The van der Waals surface area contributed by atoms with E-state index in [9.17, 15) is 0 Å². The summed E-state index contributed by atoms with van der Waals surface area (Å²) >= 11 is 8.17. The van der Waals surface area contributed by atoms with Crippen LogP contribution in [0.1, 0.15) is 0 Å². The molecule has 7 heteroatoms. The fourth-order valence-corrected chi connectivity index (χ4v) is 1.22. The standard InChI is InChI=1S/C8H8BrN5S/c1-14(8(15)11-13-10)12-7-4-2-6(9)3-5-7/h2-5,12H,1H3. The van der Waals surface area contributed by atoms with E-state index in [1.165, 1.54) is 5.01 Å². The Labute approximate surface area is 101 Å². The number of azide groups is 1. The van der Waals surface area contributed by atoms with Crippen molar-refractivity contribution in [1.82, 2.24) is 5.01 Å². The van der Waals surface area contributed by atoms with E-state index in [4.69, 9.17) is 17.7 Å². The summed E-state index contributed by atoms with van der Waals surface area (Å²) in [5, 5.41) is 4.91. The molecule has 1 aromatic carbocycles. The first kappa shape index (κ1) is 11.8. The molecule has 0 spiro atoms. The molecule has 1 N–H and O–H groups in total. The van der Waals surface area contributed by atoms with Gasteiger partial charge >= 0.3 is 0 Å². The zero-order valence-corrected chi connectivity index (χ0v) is 10.3. The molecule has 0 unspecified atom stereocenters. The van der Waals surface area contributed by atoms with Crippen LogP contribution in [0.4, 0.5) is 5.69 Å². The number of halogens is 1. The van der Waals surface area contributed by atoms with Crippen molar-refractivity contribution in [2.45, 2.75) is 0 Å². The number of benzene rings is 1. The van der Waals surface area contributed by atoms with Gasteiger partial charge in [-0.05, 0) is 34.9 Å². The summed E-state index contributed by atoms with van der Waals surface area (Å²) in [6, 6.07) is 7.54. The van der Waals surface area contributed by atoms with Gasteiger partial charge in [-0.1, -0.05) is 28.1 Å². The van der Waals surface area contributed by atoms with Gasteiger partial charge < -0.3 is 0 Å². The van der Waals surface area contributed by atoms with Crippen molar-refractivity contribution in [2.24, 2.45) is 5.11 Å². The van der Waals surface area contributed by atoms with Crippen LogP contribution in [-0.4, -0.2) is 17.2 Å². The summed E-state index contributed by atoms with van der Waals surface area (Å²) < 4.78 is 0.994. The summed E-state index contributed by atoms with van der Waals surface area (Å²) in [4.78, 5) is 2.61. The molecule has 78 valence electrons. The van der Waals surface area contributed by atoms with Crippen LogP contribution in [0, 0.1) is 0 Å². The van der Waals surface area contributed by atoms with Gasteiger partial charge in [0.15, 0.2) is 5.11 Å². The lowest BCUT2D eigenvalue weighted by atomic mass is 10.3. The monoisotopic (exact) mass is 285 g/mol. The maximum atomic E-state index is 8.20. The van der Waals surface area contributed by atoms with Gasteiger partial charge in [-0.3, -0.25) is 10.4 Å². The smallest absolute Gasteiger partial charge is 0.184 e. The Balaban J connectivity index is 2.65. The Morgan fingerprint density at radius 1 is 1.53 bits per heavy atom. The highest BCUT2D eigenvalue weighted by Gasteiger charge is 2.00. The largest absolute Gasteiger partial charge is 0.298 e. The molecule has 0 aliphatic heterocycles. The Kier molecular flexibility index (Phi) is 4.36. The minimum Gasteiger partial charge on any atom is -0.298 e. The van der Waals surface area contributed by atoms with Crippen LogP contribution >= 0.6 is 28.1 Å². The van der Waals surface area contributed by atoms with Crippen molar-refractivity contribution < 1.29 is 0 Å². The maximum Gasteiger partial charge on any atom is 0.184 e. The zero-order valence-electron chi connectivity index (χ0n) is 7.88. The molecule has 0 heterocycles. The minimum absolute atomic E-state index is 0.139. The van der Waals surface area contributed by atoms with E-state index in [0.717, 1.165) is 10.2 Å². The first-order chi connectivity index (χ1) is 7.13. The van der Waals surface area contributed by atoms with Crippen LogP contribution in [0.3, 0.4) is 0 Å². The van der Waals surface area contributed by atoms with Gasteiger partial charge in [0.1, 0.15) is 0 Å². The summed E-state index contributed by atoms with van der Waals surface area (Å²) in [6.45, 7) is 0. The molecule has 0 amide bonds. The molecular formula is C8H8BrN5S. The van der Waals surface area contributed by atoms with Crippen LogP contribution in [0.25, 0.3) is 10.4 Å². The number of anilines is 1. The number of rotatable bonds is 2. The molecule has 0 bridgehead atoms. The van der Waals surface area contributed by atoms with Gasteiger partial charge in [0, 0.05) is 16.4 Å². The van der Waals surface area contributed by atoms with Crippen molar-refractivity contribution >= 4 is 38.9 Å². The molecule has 0 aromatic heterocycles. The second-order valence-corrected chi connectivity index (χ2v) is 3.93. The van der Waals surface area contributed by atoms with Crippen LogP contribution in [0.2, 0.25) is 0 Å². The van der Waals surface area contributed by atoms with Crippen molar-refractivity contribution in [3.05, 3.63) is 39.2 Å². The predicted octanol–water partition coefficient (Wildman–Crippen LogP) is 3.30. The number of hydrogen-bond acceptors (Lipinski definition) is 2. The summed E-state index contributed by atoms with van der Waals surface area (Å²) in [5.74, 6) is 0. The Hall–Kier alpha value is -1.30. The first-order valence-electron chi connectivity index (χ1n) is 3.98. The van der Waals surface area contributed by atoms with E-state index in [0.29, 0.717) is 0 Å². The van der Waals surface area contributed by atoms with E-state index < -0.39 is 0 Å². The molecule has 0 fully saturated rings. The number of nitrogens with one attached hydrogen (secondary N) is 1. The molecular weight excluding hydrogens is 278 g/mol. The molecule has 0 atom stereocenters. The van der Waals surface area contributed by atoms with Crippen LogP contribution < -0.4 is 5.43 Å². The zero-order chi connectivity index (χ0) is 11.3. The van der Waals surface area contributed by atoms with Gasteiger partial charge in [0.2, 0.25) is 0 Å². The van der Waals surface area contributed by atoms with E-state index in [1.54, 1.807) is 7.05 Å². The quantitative estimate of drug-likeness (QED) is 0.298. The van der Waals surface area contributed by atoms with Crippen LogP contribution in [-0.2, 0) is 0 Å². The van der Waals surface area contributed by atoms with Gasteiger partial charge in [0.05, 0.1) is 5.69 Å². The SMILES string of the molecule is CN(Nc1ccc(Br)cc1)C(=S)N=[N+]=[N-]. The van der Waals surface area contributed by atoms with E-state index >= 15 is 0 Å². The lowest BCUT2D eigenvalue weighted by Gasteiger charge is -2.19.